The smallest absolute Gasteiger partial charge is 0.255 e. The van der Waals surface area contributed by atoms with Crippen LogP contribution in [0.1, 0.15) is 34.7 Å². The predicted octanol–water partition coefficient (Wildman–Crippen LogP) is 2.87. The van der Waals surface area contributed by atoms with Crippen LogP contribution in [0.3, 0.4) is 0 Å². The molecule has 1 N–H and O–H groups in total. The maximum absolute atomic E-state index is 12.7. The SMILES string of the molecule is Cc1cc(CSc2ccccc2C(=O)N2CCCC(O)C2)on1. The van der Waals surface area contributed by atoms with Gasteiger partial charge < -0.3 is 14.5 Å². The van der Waals surface area contributed by atoms with Gasteiger partial charge in [-0.3, -0.25) is 4.79 Å². The van der Waals surface area contributed by atoms with E-state index in [0.29, 0.717) is 24.4 Å². The average Bonchev–Trinajstić information content (AvgIpc) is 2.98. The molecule has 1 unspecified atom stereocenters. The van der Waals surface area contributed by atoms with Gasteiger partial charge in [-0.25, -0.2) is 0 Å². The van der Waals surface area contributed by atoms with Crippen LogP contribution in [-0.4, -0.2) is 40.3 Å². The van der Waals surface area contributed by atoms with Gasteiger partial charge in [0.1, 0.15) is 5.76 Å². The molecule has 3 rings (SSSR count). The molecule has 0 spiro atoms. The first kappa shape index (κ1) is 16.1. The van der Waals surface area contributed by atoms with E-state index in [2.05, 4.69) is 5.16 Å². The number of aliphatic hydroxyl groups excluding tert-OH is 1. The molecule has 5 nitrogen and oxygen atoms in total. The lowest BCUT2D eigenvalue weighted by Crippen LogP contribution is -2.42. The van der Waals surface area contributed by atoms with Crippen LogP contribution in [0.2, 0.25) is 0 Å². The van der Waals surface area contributed by atoms with Crippen LogP contribution < -0.4 is 0 Å². The van der Waals surface area contributed by atoms with Crippen LogP contribution in [0, 0.1) is 6.92 Å². The van der Waals surface area contributed by atoms with Crippen molar-refractivity contribution in [3.05, 3.63) is 47.3 Å². The Morgan fingerprint density at radius 2 is 2.30 bits per heavy atom. The van der Waals surface area contributed by atoms with Crippen LogP contribution in [0.5, 0.6) is 0 Å². The molecule has 2 aromatic rings. The van der Waals surface area contributed by atoms with E-state index in [4.69, 9.17) is 4.52 Å². The molecule has 122 valence electrons. The van der Waals surface area contributed by atoms with E-state index in [1.807, 2.05) is 37.3 Å². The number of aryl methyl sites for hydroxylation is 1. The second-order valence-electron chi connectivity index (χ2n) is 5.77. The predicted molar refractivity (Wildman–Crippen MR) is 88.4 cm³/mol. The largest absolute Gasteiger partial charge is 0.391 e. The zero-order chi connectivity index (χ0) is 16.2. The van der Waals surface area contributed by atoms with Crippen LogP contribution in [-0.2, 0) is 5.75 Å². The lowest BCUT2D eigenvalue weighted by molar-refractivity contribution is 0.0471. The lowest BCUT2D eigenvalue weighted by atomic mass is 10.1. The highest BCUT2D eigenvalue weighted by Gasteiger charge is 2.24. The van der Waals surface area contributed by atoms with E-state index in [-0.39, 0.29) is 5.91 Å². The summed E-state index contributed by atoms with van der Waals surface area (Å²) in [6.07, 6.45) is 1.20. The maximum Gasteiger partial charge on any atom is 0.255 e. The number of carbonyl (C=O) groups excluding carboxylic acids is 1. The zero-order valence-electron chi connectivity index (χ0n) is 13.1. The first-order chi connectivity index (χ1) is 11.1. The topological polar surface area (TPSA) is 66.6 Å². The molecule has 1 saturated heterocycles. The van der Waals surface area contributed by atoms with Crippen LogP contribution in [0.4, 0.5) is 0 Å². The number of hydrogen-bond donors (Lipinski definition) is 1. The number of likely N-dealkylation sites (tertiary alicyclic amines) is 1. The van der Waals surface area contributed by atoms with E-state index in [0.717, 1.165) is 29.2 Å². The molecule has 1 aromatic carbocycles. The van der Waals surface area contributed by atoms with Crippen molar-refractivity contribution in [2.75, 3.05) is 13.1 Å². The molecule has 1 amide bonds. The number of hydrogen-bond acceptors (Lipinski definition) is 5. The number of piperidine rings is 1. The van der Waals surface area contributed by atoms with Crippen molar-refractivity contribution in [1.29, 1.82) is 0 Å². The Balaban J connectivity index is 1.73. The molecule has 0 aliphatic carbocycles. The molecule has 23 heavy (non-hydrogen) atoms. The number of aliphatic hydroxyl groups is 1. The van der Waals surface area contributed by atoms with Gasteiger partial charge in [0.05, 0.1) is 23.1 Å². The van der Waals surface area contributed by atoms with Gasteiger partial charge in [-0.1, -0.05) is 17.3 Å². The number of aromatic nitrogens is 1. The fourth-order valence-corrected chi connectivity index (χ4v) is 3.63. The number of rotatable bonds is 4. The van der Waals surface area contributed by atoms with Gasteiger partial charge in [0.15, 0.2) is 0 Å². The third kappa shape index (κ3) is 3.95. The third-order valence-corrected chi connectivity index (χ3v) is 4.94. The number of carbonyl (C=O) groups is 1. The highest BCUT2D eigenvalue weighted by molar-refractivity contribution is 7.98. The van der Waals surface area contributed by atoms with Gasteiger partial charge in [-0.2, -0.15) is 0 Å². The minimum Gasteiger partial charge on any atom is -0.391 e. The van der Waals surface area contributed by atoms with Crippen molar-refractivity contribution in [3.8, 4) is 0 Å². The highest BCUT2D eigenvalue weighted by Crippen LogP contribution is 2.28. The first-order valence-corrected chi connectivity index (χ1v) is 8.73. The molecule has 0 bridgehead atoms. The second-order valence-corrected chi connectivity index (χ2v) is 6.78. The highest BCUT2D eigenvalue weighted by atomic mass is 32.2. The molecular formula is C17H20N2O3S. The third-order valence-electron chi connectivity index (χ3n) is 3.85. The Morgan fingerprint density at radius 1 is 1.48 bits per heavy atom. The summed E-state index contributed by atoms with van der Waals surface area (Å²) in [6.45, 7) is 3.01. The van der Waals surface area contributed by atoms with Gasteiger partial charge in [-0.05, 0) is 31.9 Å². The number of β-amino-alcohol motifs (C(OH)–C–C–N with tert-alkyl or cyclic N) is 1. The number of amides is 1. The Morgan fingerprint density at radius 3 is 3.04 bits per heavy atom. The van der Waals surface area contributed by atoms with E-state index < -0.39 is 6.10 Å². The zero-order valence-corrected chi connectivity index (χ0v) is 13.9. The van der Waals surface area contributed by atoms with Crippen LogP contribution >= 0.6 is 11.8 Å². The van der Waals surface area contributed by atoms with E-state index in [1.54, 1.807) is 16.7 Å². The summed E-state index contributed by atoms with van der Waals surface area (Å²) in [5.74, 6) is 1.41. The summed E-state index contributed by atoms with van der Waals surface area (Å²) in [5.41, 5.74) is 1.54. The van der Waals surface area contributed by atoms with Gasteiger partial charge in [0.25, 0.3) is 5.91 Å². The monoisotopic (exact) mass is 332 g/mol. The Labute approximate surface area is 139 Å². The molecule has 2 heterocycles. The molecule has 0 radical (unpaired) electrons. The molecule has 1 aliphatic rings. The molecule has 1 fully saturated rings. The summed E-state index contributed by atoms with van der Waals surface area (Å²) >= 11 is 1.56. The molecule has 0 saturated carbocycles. The summed E-state index contributed by atoms with van der Waals surface area (Å²) in [7, 11) is 0. The van der Waals surface area contributed by atoms with Gasteiger partial charge in [0, 0.05) is 24.1 Å². The van der Waals surface area contributed by atoms with Crippen molar-refractivity contribution in [3.63, 3.8) is 0 Å². The maximum atomic E-state index is 12.7. The first-order valence-electron chi connectivity index (χ1n) is 7.75. The van der Waals surface area contributed by atoms with Gasteiger partial charge >= 0.3 is 0 Å². The fraction of sp³-hybridized carbons (Fsp3) is 0.412. The van der Waals surface area contributed by atoms with E-state index >= 15 is 0 Å². The van der Waals surface area contributed by atoms with Crippen molar-refractivity contribution >= 4 is 17.7 Å². The second kappa shape index (κ2) is 7.19. The average molecular weight is 332 g/mol. The van der Waals surface area contributed by atoms with E-state index in [9.17, 15) is 9.90 Å². The van der Waals surface area contributed by atoms with Crippen LogP contribution in [0.25, 0.3) is 0 Å². The van der Waals surface area contributed by atoms with Crippen molar-refractivity contribution in [2.45, 2.75) is 36.5 Å². The molecule has 1 aromatic heterocycles. The summed E-state index contributed by atoms with van der Waals surface area (Å²) < 4.78 is 5.22. The van der Waals surface area contributed by atoms with Crippen molar-refractivity contribution < 1.29 is 14.4 Å². The van der Waals surface area contributed by atoms with Crippen molar-refractivity contribution in [2.24, 2.45) is 0 Å². The standard InChI is InChI=1S/C17H20N2O3S/c1-12-9-14(22-18-12)11-23-16-7-3-2-6-15(16)17(21)19-8-4-5-13(20)10-19/h2-3,6-7,9,13,20H,4-5,8,10-11H2,1H3. The molecule has 6 heteroatoms. The quantitative estimate of drug-likeness (QED) is 0.872. The summed E-state index contributed by atoms with van der Waals surface area (Å²) in [5, 5.41) is 13.7. The van der Waals surface area contributed by atoms with Crippen molar-refractivity contribution in [1.82, 2.24) is 10.1 Å². The van der Waals surface area contributed by atoms with E-state index in [1.165, 1.54) is 0 Å². The Hall–Kier alpha value is -1.79. The minimum absolute atomic E-state index is 0.0133. The fourth-order valence-electron chi connectivity index (χ4n) is 2.71. The number of thioether (sulfide) groups is 1. The molecular weight excluding hydrogens is 312 g/mol. The van der Waals surface area contributed by atoms with Crippen LogP contribution in [0.15, 0.2) is 39.8 Å². The molecule has 1 aliphatic heterocycles. The summed E-state index contributed by atoms with van der Waals surface area (Å²) in [4.78, 5) is 15.4. The normalized spacial score (nSPS) is 18.2. The molecule has 1 atom stereocenters. The number of nitrogens with zero attached hydrogens (tertiary/aromatic N) is 2. The lowest BCUT2D eigenvalue weighted by Gasteiger charge is -2.30. The minimum atomic E-state index is -0.412. The Bertz CT molecular complexity index is 686. The summed E-state index contributed by atoms with van der Waals surface area (Å²) in [6, 6.07) is 9.49. The van der Waals surface area contributed by atoms with Gasteiger partial charge in [0.2, 0.25) is 0 Å². The number of benzene rings is 1. The van der Waals surface area contributed by atoms with Gasteiger partial charge in [-0.15, -0.1) is 11.8 Å². The Kier molecular flexibility index (Phi) is 5.03.